The Bertz CT molecular complexity index is 329. The molecule has 0 bridgehead atoms. The molecular weight excluding hydrogens is 167 g/mol. The number of hydrogen-bond donors (Lipinski definition) is 0. The largest absolute Gasteiger partial charge is 0.494 e. The van der Waals surface area contributed by atoms with Crippen LogP contribution in [0.3, 0.4) is 0 Å². The highest BCUT2D eigenvalue weighted by molar-refractivity contribution is 5.54. The van der Waals surface area contributed by atoms with Crippen LogP contribution in [-0.2, 0) is 0 Å². The summed E-state index contributed by atoms with van der Waals surface area (Å²) in [5, 5.41) is 0. The summed E-state index contributed by atoms with van der Waals surface area (Å²) >= 11 is 0. The van der Waals surface area contributed by atoms with Crippen molar-refractivity contribution in [3.05, 3.63) is 48.3 Å². The molecule has 0 aliphatic rings. The Labute approximate surface area is 77.2 Å². The number of hydrogen-bond acceptors (Lipinski definition) is 1. The molecule has 0 aliphatic carbocycles. The number of methoxy groups -OCH3 is 1. The van der Waals surface area contributed by atoms with Crippen LogP contribution in [0.5, 0.6) is 5.75 Å². The van der Waals surface area contributed by atoms with E-state index in [1.165, 1.54) is 7.11 Å². The standard InChI is InChI=1S/C11H11FO/c1-3-4-6-9-7-5-8-10(13-2)11(9)12/h3-8H,1H2,2H3/b6-4+. The van der Waals surface area contributed by atoms with Crippen molar-refractivity contribution in [3.63, 3.8) is 0 Å². The lowest BCUT2D eigenvalue weighted by molar-refractivity contribution is 0.386. The zero-order chi connectivity index (χ0) is 9.68. The second kappa shape index (κ2) is 4.45. The molecular formula is C11H11FO. The first-order valence-electron chi connectivity index (χ1n) is 3.91. The topological polar surface area (TPSA) is 9.23 Å². The van der Waals surface area contributed by atoms with E-state index in [1.807, 2.05) is 0 Å². The van der Waals surface area contributed by atoms with Crippen LogP contribution in [0.25, 0.3) is 6.08 Å². The Balaban J connectivity index is 3.07. The zero-order valence-corrected chi connectivity index (χ0v) is 7.46. The molecule has 0 aromatic heterocycles. The minimum Gasteiger partial charge on any atom is -0.494 e. The van der Waals surface area contributed by atoms with Gasteiger partial charge in [-0.25, -0.2) is 4.39 Å². The fraction of sp³-hybridized carbons (Fsp3) is 0.0909. The average Bonchev–Trinajstić information content (AvgIpc) is 2.16. The third-order valence-corrected chi connectivity index (χ3v) is 1.62. The van der Waals surface area contributed by atoms with Gasteiger partial charge in [-0.2, -0.15) is 0 Å². The Morgan fingerprint density at radius 3 is 2.85 bits per heavy atom. The SMILES string of the molecule is C=C/C=C/c1cccc(OC)c1F. The van der Waals surface area contributed by atoms with E-state index in [9.17, 15) is 4.39 Å². The lowest BCUT2D eigenvalue weighted by Gasteiger charge is -2.02. The van der Waals surface area contributed by atoms with Crippen LogP contribution in [0.1, 0.15) is 5.56 Å². The van der Waals surface area contributed by atoms with Gasteiger partial charge in [-0.05, 0) is 6.07 Å². The van der Waals surface area contributed by atoms with Gasteiger partial charge >= 0.3 is 0 Å². The molecule has 0 spiro atoms. The third-order valence-electron chi connectivity index (χ3n) is 1.62. The van der Waals surface area contributed by atoms with Gasteiger partial charge < -0.3 is 4.74 Å². The first-order valence-corrected chi connectivity index (χ1v) is 3.91. The molecule has 1 nitrogen and oxygen atoms in total. The van der Waals surface area contributed by atoms with E-state index in [1.54, 1.807) is 36.4 Å². The number of halogens is 1. The molecule has 0 fully saturated rings. The van der Waals surface area contributed by atoms with Crippen LogP contribution < -0.4 is 4.74 Å². The highest BCUT2D eigenvalue weighted by Gasteiger charge is 2.04. The second-order valence-corrected chi connectivity index (χ2v) is 2.46. The van der Waals surface area contributed by atoms with Crippen molar-refractivity contribution >= 4 is 6.08 Å². The van der Waals surface area contributed by atoms with Crippen LogP contribution in [0.2, 0.25) is 0 Å². The molecule has 1 aromatic carbocycles. The van der Waals surface area contributed by atoms with E-state index in [0.717, 1.165) is 0 Å². The fourth-order valence-corrected chi connectivity index (χ4v) is 0.986. The molecule has 68 valence electrons. The van der Waals surface area contributed by atoms with Gasteiger partial charge in [0.05, 0.1) is 7.11 Å². The van der Waals surface area contributed by atoms with Crippen molar-refractivity contribution in [2.75, 3.05) is 7.11 Å². The Kier molecular flexibility index (Phi) is 3.26. The van der Waals surface area contributed by atoms with E-state index < -0.39 is 0 Å². The lowest BCUT2D eigenvalue weighted by atomic mass is 10.2. The van der Waals surface area contributed by atoms with Crippen LogP contribution in [-0.4, -0.2) is 7.11 Å². The predicted molar refractivity (Wildman–Crippen MR) is 52.2 cm³/mol. The molecule has 0 radical (unpaired) electrons. The minimum atomic E-state index is -0.344. The molecule has 1 aromatic rings. The number of rotatable bonds is 3. The molecule has 0 heterocycles. The van der Waals surface area contributed by atoms with Crippen molar-refractivity contribution in [2.24, 2.45) is 0 Å². The van der Waals surface area contributed by atoms with Gasteiger partial charge in [0.1, 0.15) is 0 Å². The number of benzene rings is 1. The fourth-order valence-electron chi connectivity index (χ4n) is 0.986. The van der Waals surface area contributed by atoms with Crippen molar-refractivity contribution in [3.8, 4) is 5.75 Å². The summed E-state index contributed by atoms with van der Waals surface area (Å²) in [5.41, 5.74) is 0.499. The molecule has 0 saturated heterocycles. The van der Waals surface area contributed by atoms with Gasteiger partial charge in [-0.1, -0.05) is 36.9 Å². The third kappa shape index (κ3) is 2.18. The Hall–Kier alpha value is -1.57. The molecule has 1 rings (SSSR count). The maximum atomic E-state index is 13.4. The normalized spacial score (nSPS) is 10.3. The van der Waals surface area contributed by atoms with Gasteiger partial charge in [0.2, 0.25) is 0 Å². The molecule has 0 atom stereocenters. The zero-order valence-electron chi connectivity index (χ0n) is 7.46. The second-order valence-electron chi connectivity index (χ2n) is 2.46. The summed E-state index contributed by atoms with van der Waals surface area (Å²) < 4.78 is 18.2. The van der Waals surface area contributed by atoms with E-state index in [4.69, 9.17) is 4.74 Å². The number of allylic oxidation sites excluding steroid dienone is 2. The average molecular weight is 178 g/mol. The smallest absolute Gasteiger partial charge is 0.172 e. The van der Waals surface area contributed by atoms with Crippen LogP contribution >= 0.6 is 0 Å². The summed E-state index contributed by atoms with van der Waals surface area (Å²) in [4.78, 5) is 0. The highest BCUT2D eigenvalue weighted by Crippen LogP contribution is 2.20. The molecule has 0 saturated carbocycles. The quantitative estimate of drug-likeness (QED) is 0.646. The van der Waals surface area contributed by atoms with Crippen molar-refractivity contribution in [1.29, 1.82) is 0 Å². The van der Waals surface area contributed by atoms with Crippen molar-refractivity contribution in [2.45, 2.75) is 0 Å². The molecule has 0 aliphatic heterocycles. The van der Waals surface area contributed by atoms with E-state index in [-0.39, 0.29) is 11.6 Å². The molecule has 0 unspecified atom stereocenters. The molecule has 0 amide bonds. The maximum Gasteiger partial charge on any atom is 0.172 e. The summed E-state index contributed by atoms with van der Waals surface area (Å²) in [6, 6.07) is 5.00. The minimum absolute atomic E-state index is 0.256. The lowest BCUT2D eigenvalue weighted by Crippen LogP contribution is -1.89. The molecule has 0 N–H and O–H groups in total. The number of ether oxygens (including phenoxy) is 1. The Morgan fingerprint density at radius 1 is 1.46 bits per heavy atom. The summed E-state index contributed by atoms with van der Waals surface area (Å²) in [6.45, 7) is 3.51. The van der Waals surface area contributed by atoms with Gasteiger partial charge in [0.25, 0.3) is 0 Å². The van der Waals surface area contributed by atoms with Crippen LogP contribution in [0, 0.1) is 5.82 Å². The predicted octanol–water partition coefficient (Wildman–Crippen LogP) is 3.03. The van der Waals surface area contributed by atoms with Gasteiger partial charge in [-0.3, -0.25) is 0 Å². The van der Waals surface area contributed by atoms with E-state index in [0.29, 0.717) is 5.56 Å². The first-order chi connectivity index (χ1) is 6.29. The highest BCUT2D eigenvalue weighted by atomic mass is 19.1. The summed E-state index contributed by atoms with van der Waals surface area (Å²) in [7, 11) is 1.44. The van der Waals surface area contributed by atoms with Gasteiger partial charge in [0, 0.05) is 5.56 Å². The summed E-state index contributed by atoms with van der Waals surface area (Å²) in [5.74, 6) is -0.0886. The first kappa shape index (κ1) is 9.52. The van der Waals surface area contributed by atoms with Crippen LogP contribution in [0.15, 0.2) is 36.9 Å². The van der Waals surface area contributed by atoms with Crippen LogP contribution in [0.4, 0.5) is 4.39 Å². The molecule has 2 heteroatoms. The van der Waals surface area contributed by atoms with E-state index >= 15 is 0 Å². The van der Waals surface area contributed by atoms with E-state index in [2.05, 4.69) is 6.58 Å². The van der Waals surface area contributed by atoms with Crippen molar-refractivity contribution in [1.82, 2.24) is 0 Å². The van der Waals surface area contributed by atoms with Gasteiger partial charge in [-0.15, -0.1) is 0 Å². The summed E-state index contributed by atoms with van der Waals surface area (Å²) in [6.07, 6.45) is 4.92. The molecule has 13 heavy (non-hydrogen) atoms. The van der Waals surface area contributed by atoms with Gasteiger partial charge in [0.15, 0.2) is 11.6 Å². The van der Waals surface area contributed by atoms with Crippen molar-refractivity contribution < 1.29 is 9.13 Å². The monoisotopic (exact) mass is 178 g/mol. The Morgan fingerprint density at radius 2 is 2.23 bits per heavy atom. The maximum absolute atomic E-state index is 13.4.